The molecule has 0 bridgehead atoms. The maximum absolute atomic E-state index is 11.0. The monoisotopic (exact) mass is 279 g/mol. The van der Waals surface area contributed by atoms with E-state index >= 15 is 0 Å². The number of anilines is 2. The minimum atomic E-state index is -1.00. The second-order valence-electron chi connectivity index (χ2n) is 3.48. The fourth-order valence-electron chi connectivity index (χ4n) is 1.46. The molecule has 4 N–H and O–H groups in total. The summed E-state index contributed by atoms with van der Waals surface area (Å²) < 4.78 is 0.840. The molecular weight excluding hydrogens is 270 g/mol. The Morgan fingerprint density at radius 2 is 1.94 bits per heavy atom. The van der Waals surface area contributed by atoms with Gasteiger partial charge in [0, 0.05) is 6.07 Å². The van der Waals surface area contributed by atoms with Crippen LogP contribution in [0.15, 0.2) is 30.3 Å². The van der Waals surface area contributed by atoms with Crippen molar-refractivity contribution < 1.29 is 9.90 Å². The average molecular weight is 279 g/mol. The highest BCUT2D eigenvalue weighted by Gasteiger charge is 2.08. The first-order valence-electron chi connectivity index (χ1n) is 4.99. The van der Waals surface area contributed by atoms with Crippen LogP contribution in [-0.4, -0.2) is 21.0 Å². The van der Waals surface area contributed by atoms with E-state index in [1.807, 2.05) is 0 Å². The summed E-state index contributed by atoms with van der Waals surface area (Å²) in [5, 5.41) is 12.0. The van der Waals surface area contributed by atoms with Crippen molar-refractivity contribution in [2.75, 3.05) is 5.32 Å². The molecule has 0 fully saturated rings. The molecule has 0 unspecified atom stereocenters. The van der Waals surface area contributed by atoms with Crippen LogP contribution in [0.4, 0.5) is 11.5 Å². The zero-order valence-corrected chi connectivity index (χ0v) is 10.7. The molecule has 0 radical (unpaired) electrons. The second-order valence-corrected chi connectivity index (χ2v) is 4.33. The van der Waals surface area contributed by atoms with Gasteiger partial charge in [-0.2, -0.15) is 0 Å². The van der Waals surface area contributed by atoms with Gasteiger partial charge in [0.15, 0.2) is 4.77 Å². The summed E-state index contributed by atoms with van der Waals surface area (Å²) in [6.07, 6.45) is 0. The lowest BCUT2D eigenvalue weighted by atomic mass is 10.2. The molecule has 0 spiro atoms. The molecule has 0 aliphatic carbocycles. The number of aromatic nitrogens is 2. The van der Waals surface area contributed by atoms with E-state index < -0.39 is 5.97 Å². The molecule has 1 aromatic heterocycles. The van der Waals surface area contributed by atoms with E-state index in [1.54, 1.807) is 24.3 Å². The van der Waals surface area contributed by atoms with E-state index in [0.29, 0.717) is 20.9 Å². The fraction of sp³-hybridized carbons (Fsp3) is 0. The Hall–Kier alpha value is -1.99. The van der Waals surface area contributed by atoms with Crippen LogP contribution in [0.1, 0.15) is 10.4 Å². The smallest absolute Gasteiger partial charge is 0.337 e. The van der Waals surface area contributed by atoms with Gasteiger partial charge in [-0.05, 0) is 24.4 Å². The van der Waals surface area contributed by atoms with Crippen molar-refractivity contribution in [3.63, 3.8) is 0 Å². The zero-order chi connectivity index (χ0) is 13.1. The number of nitrogens with one attached hydrogen (secondary N) is 3. The molecule has 7 heteroatoms. The Balaban J connectivity index is 2.43. The van der Waals surface area contributed by atoms with Gasteiger partial charge in [-0.3, -0.25) is 0 Å². The lowest BCUT2D eigenvalue weighted by Gasteiger charge is -2.08. The Labute approximate surface area is 113 Å². The standard InChI is InChI=1S/C11H9N3O2S2/c15-10(16)6-3-1-2-4-7(6)12-8-5-9(17)14-11(18)13-8/h1-5H,(H,15,16)(H3,12,13,14,17,18). The quantitative estimate of drug-likeness (QED) is 0.648. The number of carbonyl (C=O) groups is 1. The lowest BCUT2D eigenvalue weighted by molar-refractivity contribution is 0.0698. The number of hydrogen-bond acceptors (Lipinski definition) is 4. The predicted molar refractivity (Wildman–Crippen MR) is 73.5 cm³/mol. The second kappa shape index (κ2) is 5.11. The minimum Gasteiger partial charge on any atom is -0.478 e. The van der Waals surface area contributed by atoms with Crippen LogP contribution in [0.2, 0.25) is 0 Å². The number of rotatable bonds is 3. The fourth-order valence-corrected chi connectivity index (χ4v) is 1.96. The van der Waals surface area contributed by atoms with Gasteiger partial charge in [0.05, 0.1) is 11.3 Å². The number of H-pyrrole nitrogens is 2. The summed E-state index contributed by atoms with van der Waals surface area (Å²) in [7, 11) is 0. The van der Waals surface area contributed by atoms with Gasteiger partial charge in [0.25, 0.3) is 0 Å². The van der Waals surface area contributed by atoms with Crippen molar-refractivity contribution in [3.05, 3.63) is 45.3 Å². The number of carboxylic acid groups (broad SMARTS) is 1. The summed E-state index contributed by atoms with van der Waals surface area (Å²) in [6.45, 7) is 0. The Morgan fingerprint density at radius 1 is 1.22 bits per heavy atom. The highest BCUT2D eigenvalue weighted by atomic mass is 32.1. The molecule has 2 aromatic rings. The normalized spacial score (nSPS) is 10.0. The van der Waals surface area contributed by atoms with Gasteiger partial charge < -0.3 is 20.4 Å². The summed E-state index contributed by atoms with van der Waals surface area (Å²) in [5.41, 5.74) is 0.645. The molecule has 0 aliphatic heterocycles. The third-order valence-corrected chi connectivity index (χ3v) is 2.61. The third-order valence-electron chi connectivity index (χ3n) is 2.19. The van der Waals surface area contributed by atoms with Gasteiger partial charge in [-0.15, -0.1) is 0 Å². The van der Waals surface area contributed by atoms with E-state index in [9.17, 15) is 4.79 Å². The summed E-state index contributed by atoms with van der Waals surface area (Å²) in [5.74, 6) is -0.463. The molecule has 92 valence electrons. The van der Waals surface area contributed by atoms with Crippen LogP contribution in [0.3, 0.4) is 0 Å². The number of para-hydroxylation sites is 1. The molecule has 0 saturated heterocycles. The van der Waals surface area contributed by atoms with Gasteiger partial charge in [-0.25, -0.2) is 4.79 Å². The topological polar surface area (TPSA) is 80.9 Å². The zero-order valence-electron chi connectivity index (χ0n) is 9.06. The summed E-state index contributed by atoms with van der Waals surface area (Å²) >= 11 is 9.94. The number of aromatic carboxylic acids is 1. The van der Waals surface area contributed by atoms with Crippen molar-refractivity contribution in [1.29, 1.82) is 0 Å². The van der Waals surface area contributed by atoms with E-state index in [0.717, 1.165) is 0 Å². The first-order chi connectivity index (χ1) is 8.56. The molecule has 0 atom stereocenters. The van der Waals surface area contributed by atoms with Crippen LogP contribution in [0.5, 0.6) is 0 Å². The molecule has 18 heavy (non-hydrogen) atoms. The Kier molecular flexibility index (Phi) is 3.54. The highest BCUT2D eigenvalue weighted by molar-refractivity contribution is 7.72. The third kappa shape index (κ3) is 2.82. The molecule has 0 amide bonds. The number of aromatic amines is 2. The van der Waals surface area contributed by atoms with Gasteiger partial charge >= 0.3 is 5.97 Å². The van der Waals surface area contributed by atoms with Crippen LogP contribution < -0.4 is 5.32 Å². The van der Waals surface area contributed by atoms with Crippen molar-refractivity contribution in [3.8, 4) is 0 Å². The molecule has 1 aromatic carbocycles. The largest absolute Gasteiger partial charge is 0.478 e. The number of carboxylic acids is 1. The van der Waals surface area contributed by atoms with Crippen molar-refractivity contribution in [2.24, 2.45) is 0 Å². The Morgan fingerprint density at radius 3 is 2.61 bits per heavy atom. The summed E-state index contributed by atoms with van der Waals surface area (Å²) in [6, 6.07) is 8.22. The predicted octanol–water partition coefficient (Wildman–Crippen LogP) is 3.24. The van der Waals surface area contributed by atoms with Crippen molar-refractivity contribution >= 4 is 41.9 Å². The van der Waals surface area contributed by atoms with Gasteiger partial charge in [-0.1, -0.05) is 24.4 Å². The van der Waals surface area contributed by atoms with Crippen LogP contribution >= 0.6 is 24.4 Å². The van der Waals surface area contributed by atoms with Crippen molar-refractivity contribution in [2.45, 2.75) is 0 Å². The Bertz CT molecular complexity index is 677. The maximum atomic E-state index is 11.0. The molecule has 1 heterocycles. The maximum Gasteiger partial charge on any atom is 0.337 e. The minimum absolute atomic E-state index is 0.176. The van der Waals surface area contributed by atoms with Crippen LogP contribution in [-0.2, 0) is 0 Å². The summed E-state index contributed by atoms with van der Waals surface area (Å²) in [4.78, 5) is 16.7. The first kappa shape index (κ1) is 12.5. The molecule has 2 rings (SSSR count). The number of hydrogen-bond donors (Lipinski definition) is 4. The van der Waals surface area contributed by atoms with E-state index in [4.69, 9.17) is 29.5 Å². The number of benzene rings is 1. The molecular formula is C11H9N3O2S2. The molecule has 5 nitrogen and oxygen atoms in total. The van der Waals surface area contributed by atoms with E-state index in [1.165, 1.54) is 6.07 Å². The van der Waals surface area contributed by atoms with E-state index in [2.05, 4.69) is 15.3 Å². The van der Waals surface area contributed by atoms with Gasteiger partial charge in [0.1, 0.15) is 10.5 Å². The van der Waals surface area contributed by atoms with Crippen LogP contribution in [0.25, 0.3) is 0 Å². The highest BCUT2D eigenvalue weighted by Crippen LogP contribution is 2.19. The lowest BCUT2D eigenvalue weighted by Crippen LogP contribution is -2.03. The first-order valence-corrected chi connectivity index (χ1v) is 5.81. The average Bonchev–Trinajstić information content (AvgIpc) is 2.27. The van der Waals surface area contributed by atoms with E-state index in [-0.39, 0.29) is 5.56 Å². The van der Waals surface area contributed by atoms with Gasteiger partial charge in [0.2, 0.25) is 0 Å². The van der Waals surface area contributed by atoms with Crippen molar-refractivity contribution in [1.82, 2.24) is 9.97 Å². The van der Waals surface area contributed by atoms with Crippen LogP contribution in [0, 0.1) is 9.41 Å². The SMILES string of the molecule is O=C(O)c1ccccc1Nc1cc(=S)[nH]c(=S)[nH]1. The molecule has 0 aliphatic rings. The molecule has 0 saturated carbocycles.